The molecular formula is C13H13NO2. The fourth-order valence-corrected chi connectivity index (χ4v) is 2.11. The summed E-state index contributed by atoms with van der Waals surface area (Å²) in [5.41, 5.74) is 1.11. The number of hydrogen-bond donors (Lipinski definition) is 0. The highest BCUT2D eigenvalue weighted by Gasteiger charge is 2.15. The van der Waals surface area contributed by atoms with Gasteiger partial charge in [0, 0.05) is 22.7 Å². The van der Waals surface area contributed by atoms with Crippen LogP contribution >= 0.6 is 0 Å². The molecule has 0 unspecified atom stereocenters. The second kappa shape index (κ2) is 3.67. The van der Waals surface area contributed by atoms with E-state index in [-0.39, 0.29) is 0 Å². The molecule has 82 valence electrons. The van der Waals surface area contributed by atoms with E-state index in [0.717, 1.165) is 34.4 Å². The zero-order valence-electron chi connectivity index (χ0n) is 9.19. The molecule has 3 rings (SSSR count). The summed E-state index contributed by atoms with van der Waals surface area (Å²) < 4.78 is 11.2. The van der Waals surface area contributed by atoms with Gasteiger partial charge in [-0.25, -0.2) is 0 Å². The average molecular weight is 215 g/mol. The molecule has 0 radical (unpaired) electrons. The van der Waals surface area contributed by atoms with Crippen LogP contribution in [0.15, 0.2) is 24.4 Å². The predicted molar refractivity (Wildman–Crippen MR) is 62.1 cm³/mol. The van der Waals surface area contributed by atoms with Gasteiger partial charge in [-0.2, -0.15) is 0 Å². The largest absolute Gasteiger partial charge is 0.486 e. The number of benzene rings is 1. The zero-order valence-corrected chi connectivity index (χ0v) is 9.19. The molecule has 2 heterocycles. The summed E-state index contributed by atoms with van der Waals surface area (Å²) in [4.78, 5) is 4.38. The van der Waals surface area contributed by atoms with E-state index in [2.05, 4.69) is 18.0 Å². The lowest BCUT2D eigenvalue weighted by Crippen LogP contribution is -2.15. The van der Waals surface area contributed by atoms with Crippen molar-refractivity contribution in [2.75, 3.05) is 13.2 Å². The van der Waals surface area contributed by atoms with Gasteiger partial charge in [0.05, 0.1) is 0 Å². The molecule has 1 aliphatic rings. The molecule has 1 aromatic carbocycles. The summed E-state index contributed by atoms with van der Waals surface area (Å²) >= 11 is 0. The third kappa shape index (κ3) is 1.32. The summed E-state index contributed by atoms with van der Waals surface area (Å²) in [6.45, 7) is 3.36. The Morgan fingerprint density at radius 1 is 1.12 bits per heavy atom. The van der Waals surface area contributed by atoms with Gasteiger partial charge in [-0.15, -0.1) is 0 Å². The maximum absolute atomic E-state index is 5.68. The molecule has 0 bridgehead atoms. The van der Waals surface area contributed by atoms with Crippen molar-refractivity contribution in [1.82, 2.24) is 4.98 Å². The molecule has 1 aliphatic heterocycles. The van der Waals surface area contributed by atoms with E-state index >= 15 is 0 Å². The summed E-state index contributed by atoms with van der Waals surface area (Å²) in [6, 6.07) is 6.02. The fourth-order valence-electron chi connectivity index (χ4n) is 2.11. The maximum Gasteiger partial charge on any atom is 0.169 e. The Morgan fingerprint density at radius 3 is 2.88 bits per heavy atom. The minimum absolute atomic E-state index is 0.621. The molecule has 0 aliphatic carbocycles. The molecule has 3 heteroatoms. The number of aromatic nitrogens is 1. The van der Waals surface area contributed by atoms with Crippen LogP contribution in [0.5, 0.6) is 11.5 Å². The normalized spacial score (nSPS) is 14.1. The van der Waals surface area contributed by atoms with Crippen LogP contribution in [-0.4, -0.2) is 18.2 Å². The van der Waals surface area contributed by atoms with Gasteiger partial charge in [0.1, 0.15) is 13.2 Å². The van der Waals surface area contributed by atoms with Crippen molar-refractivity contribution in [2.24, 2.45) is 0 Å². The van der Waals surface area contributed by atoms with E-state index in [9.17, 15) is 0 Å². The number of pyridine rings is 1. The van der Waals surface area contributed by atoms with Gasteiger partial charge in [-0.05, 0) is 24.6 Å². The van der Waals surface area contributed by atoms with Crippen LogP contribution in [0, 0.1) is 0 Å². The molecule has 0 saturated carbocycles. The Hall–Kier alpha value is -1.77. The summed E-state index contributed by atoms with van der Waals surface area (Å²) in [7, 11) is 0. The summed E-state index contributed by atoms with van der Waals surface area (Å²) in [6.07, 6.45) is 2.76. The molecule has 2 aromatic rings. The molecule has 3 nitrogen and oxygen atoms in total. The van der Waals surface area contributed by atoms with Gasteiger partial charge in [0.15, 0.2) is 11.5 Å². The topological polar surface area (TPSA) is 31.4 Å². The van der Waals surface area contributed by atoms with Crippen LogP contribution in [0.2, 0.25) is 0 Å². The number of nitrogens with zero attached hydrogens (tertiary/aromatic N) is 1. The van der Waals surface area contributed by atoms with Crippen molar-refractivity contribution in [3.8, 4) is 11.5 Å². The zero-order chi connectivity index (χ0) is 11.0. The number of hydrogen-bond acceptors (Lipinski definition) is 3. The van der Waals surface area contributed by atoms with Crippen molar-refractivity contribution in [2.45, 2.75) is 13.3 Å². The molecule has 16 heavy (non-hydrogen) atoms. The lowest BCUT2D eigenvalue weighted by molar-refractivity contribution is 0.174. The van der Waals surface area contributed by atoms with E-state index < -0.39 is 0 Å². The monoisotopic (exact) mass is 215 g/mol. The van der Waals surface area contributed by atoms with Crippen LogP contribution in [0.4, 0.5) is 0 Å². The highest BCUT2D eigenvalue weighted by atomic mass is 16.6. The van der Waals surface area contributed by atoms with Crippen LogP contribution in [-0.2, 0) is 6.42 Å². The Labute approximate surface area is 94.0 Å². The molecule has 0 N–H and O–H groups in total. The Bertz CT molecular complexity index is 537. The van der Waals surface area contributed by atoms with Crippen LogP contribution in [0.1, 0.15) is 12.6 Å². The quantitative estimate of drug-likeness (QED) is 0.732. The summed E-state index contributed by atoms with van der Waals surface area (Å²) in [5, 5.41) is 2.26. The number of fused-ring (bicyclic) bond motifs is 3. The Morgan fingerprint density at radius 2 is 2.00 bits per heavy atom. The SMILES string of the molecule is CCc1nccc2c3c(ccc12)OCCO3. The lowest BCUT2D eigenvalue weighted by atomic mass is 10.1. The van der Waals surface area contributed by atoms with Gasteiger partial charge in [-0.3, -0.25) is 4.98 Å². The van der Waals surface area contributed by atoms with E-state index in [0.29, 0.717) is 13.2 Å². The van der Waals surface area contributed by atoms with Gasteiger partial charge in [-0.1, -0.05) is 6.92 Å². The second-order valence-electron chi connectivity index (χ2n) is 3.80. The first kappa shape index (κ1) is 9.46. The second-order valence-corrected chi connectivity index (χ2v) is 3.80. The molecule has 0 fully saturated rings. The van der Waals surface area contributed by atoms with Crippen LogP contribution in [0.3, 0.4) is 0 Å². The minimum Gasteiger partial charge on any atom is -0.486 e. The van der Waals surface area contributed by atoms with Crippen molar-refractivity contribution < 1.29 is 9.47 Å². The standard InChI is InChI=1S/C13H13NO2/c1-2-11-9-3-4-12-13(16-8-7-15-12)10(9)5-6-14-11/h3-6H,2,7-8H2,1H3. The highest BCUT2D eigenvalue weighted by Crippen LogP contribution is 2.38. The van der Waals surface area contributed by atoms with Crippen molar-refractivity contribution in [1.29, 1.82) is 0 Å². The molecule has 1 aromatic heterocycles. The first-order valence-corrected chi connectivity index (χ1v) is 5.56. The Kier molecular flexibility index (Phi) is 2.17. The van der Waals surface area contributed by atoms with Gasteiger partial charge in [0.25, 0.3) is 0 Å². The number of aryl methyl sites for hydroxylation is 1. The van der Waals surface area contributed by atoms with E-state index in [1.807, 2.05) is 18.3 Å². The third-order valence-corrected chi connectivity index (χ3v) is 2.86. The highest BCUT2D eigenvalue weighted by molar-refractivity contribution is 5.92. The molecule has 0 amide bonds. The maximum atomic E-state index is 5.68. The molecule has 0 saturated heterocycles. The van der Waals surface area contributed by atoms with Gasteiger partial charge < -0.3 is 9.47 Å². The smallest absolute Gasteiger partial charge is 0.169 e. The van der Waals surface area contributed by atoms with E-state index in [4.69, 9.17) is 9.47 Å². The van der Waals surface area contributed by atoms with Crippen LogP contribution in [0.25, 0.3) is 10.8 Å². The lowest BCUT2D eigenvalue weighted by Gasteiger charge is -2.20. The summed E-state index contributed by atoms with van der Waals surface area (Å²) in [5.74, 6) is 1.70. The van der Waals surface area contributed by atoms with Crippen molar-refractivity contribution in [3.63, 3.8) is 0 Å². The van der Waals surface area contributed by atoms with E-state index in [1.54, 1.807) is 0 Å². The van der Waals surface area contributed by atoms with Gasteiger partial charge >= 0.3 is 0 Å². The first-order valence-electron chi connectivity index (χ1n) is 5.56. The third-order valence-electron chi connectivity index (χ3n) is 2.86. The van der Waals surface area contributed by atoms with Crippen molar-refractivity contribution >= 4 is 10.8 Å². The first-order chi connectivity index (χ1) is 7.90. The average Bonchev–Trinajstić information content (AvgIpc) is 2.37. The number of ether oxygens (including phenoxy) is 2. The number of rotatable bonds is 1. The molecule has 0 spiro atoms. The minimum atomic E-state index is 0.621. The fraction of sp³-hybridized carbons (Fsp3) is 0.308. The van der Waals surface area contributed by atoms with Crippen molar-refractivity contribution in [3.05, 3.63) is 30.1 Å². The van der Waals surface area contributed by atoms with Crippen LogP contribution < -0.4 is 9.47 Å². The van der Waals surface area contributed by atoms with Gasteiger partial charge in [0.2, 0.25) is 0 Å². The van der Waals surface area contributed by atoms with E-state index in [1.165, 1.54) is 0 Å². The molecule has 0 atom stereocenters. The predicted octanol–water partition coefficient (Wildman–Crippen LogP) is 2.57. The Balaban J connectivity index is 2.31. The molecular weight excluding hydrogens is 202 g/mol.